The highest BCUT2D eigenvalue weighted by atomic mass is 16.6. The monoisotopic (exact) mass is 299 g/mol. The Hall–Kier alpha value is -2.27. The number of rotatable bonds is 3. The maximum absolute atomic E-state index is 11.4. The minimum atomic E-state index is -0.374. The van der Waals surface area contributed by atoms with Gasteiger partial charge in [-0.15, -0.1) is 0 Å². The van der Waals surface area contributed by atoms with E-state index in [4.69, 9.17) is 4.74 Å². The predicted octanol–water partition coefficient (Wildman–Crippen LogP) is 2.62. The number of hydrogen-bond acceptors (Lipinski definition) is 4. The smallest absolute Gasteiger partial charge is 0.421 e. The van der Waals surface area contributed by atoms with Gasteiger partial charge in [0.15, 0.2) is 0 Å². The number of anilines is 1. The summed E-state index contributed by atoms with van der Waals surface area (Å²) in [5.74, 6) is 0. The molecule has 1 amide bonds. The normalized spacial score (nSPS) is 15.8. The Morgan fingerprint density at radius 2 is 1.82 bits per heavy atom. The average Bonchev–Trinajstić information content (AvgIpc) is 2.55. The zero-order chi connectivity index (χ0) is 15.4. The van der Waals surface area contributed by atoms with Crippen molar-refractivity contribution in [3.8, 4) is 0 Å². The number of carbonyl (C=O) groups is 1. The summed E-state index contributed by atoms with van der Waals surface area (Å²) in [5, 5.41) is 4.45. The van der Waals surface area contributed by atoms with Crippen molar-refractivity contribution < 1.29 is 9.53 Å². The summed E-state index contributed by atoms with van der Waals surface area (Å²) in [5.41, 5.74) is 4.03. The van der Waals surface area contributed by atoms with Crippen LogP contribution < -0.4 is 10.3 Å². The molecule has 0 aliphatic carbocycles. The minimum Gasteiger partial charge on any atom is -0.449 e. The van der Waals surface area contributed by atoms with Crippen LogP contribution in [0.25, 0.3) is 10.8 Å². The van der Waals surface area contributed by atoms with Gasteiger partial charge in [-0.25, -0.2) is 9.80 Å². The zero-order valence-electron chi connectivity index (χ0n) is 12.8. The fourth-order valence-corrected chi connectivity index (χ4v) is 2.84. The molecule has 0 radical (unpaired) electrons. The minimum absolute atomic E-state index is 0.374. The van der Waals surface area contributed by atoms with Gasteiger partial charge < -0.3 is 9.64 Å². The Morgan fingerprint density at radius 1 is 1.09 bits per heavy atom. The molecule has 5 heteroatoms. The molecule has 1 fully saturated rings. The molecule has 22 heavy (non-hydrogen) atoms. The van der Waals surface area contributed by atoms with Crippen molar-refractivity contribution in [3.63, 3.8) is 0 Å². The summed E-state index contributed by atoms with van der Waals surface area (Å²) in [6, 6.07) is 14.8. The van der Waals surface area contributed by atoms with Crippen LogP contribution in [0.2, 0.25) is 0 Å². The molecule has 1 saturated heterocycles. The highest BCUT2D eigenvalue weighted by molar-refractivity contribution is 5.94. The quantitative estimate of drug-likeness (QED) is 0.946. The molecule has 0 spiro atoms. The second-order valence-electron chi connectivity index (χ2n) is 5.30. The maximum atomic E-state index is 11.4. The number of nitrogens with one attached hydrogen (secondary N) is 1. The Labute approximate surface area is 130 Å². The number of amides is 1. The largest absolute Gasteiger partial charge is 0.449 e. The fraction of sp³-hybridized carbons (Fsp3) is 0.353. The van der Waals surface area contributed by atoms with E-state index in [1.807, 2.05) is 5.01 Å². The molecule has 1 N–H and O–H groups in total. The number of benzene rings is 2. The molecule has 0 atom stereocenters. The molecule has 0 saturated carbocycles. The third kappa shape index (κ3) is 3.14. The van der Waals surface area contributed by atoms with Crippen LogP contribution >= 0.6 is 0 Å². The van der Waals surface area contributed by atoms with Crippen molar-refractivity contribution in [2.45, 2.75) is 6.92 Å². The number of piperazine rings is 1. The third-order valence-electron chi connectivity index (χ3n) is 3.91. The van der Waals surface area contributed by atoms with E-state index < -0.39 is 0 Å². The van der Waals surface area contributed by atoms with E-state index in [1.54, 1.807) is 6.92 Å². The summed E-state index contributed by atoms with van der Waals surface area (Å²) < 4.78 is 4.91. The molecule has 1 aliphatic rings. The van der Waals surface area contributed by atoms with Crippen molar-refractivity contribution >= 4 is 22.6 Å². The topological polar surface area (TPSA) is 44.8 Å². The lowest BCUT2D eigenvalue weighted by atomic mass is 10.1. The highest BCUT2D eigenvalue weighted by Gasteiger charge is 2.20. The standard InChI is InChI=1S/C17H21N3O2/c1-2-22-17(21)18-20-12-10-19(11-13-20)16-9-5-7-14-6-3-4-8-15(14)16/h3-9H,2,10-13H2,1H3,(H,18,21). The molecule has 5 nitrogen and oxygen atoms in total. The highest BCUT2D eigenvalue weighted by Crippen LogP contribution is 2.27. The second-order valence-corrected chi connectivity index (χ2v) is 5.30. The van der Waals surface area contributed by atoms with E-state index in [0.717, 1.165) is 26.2 Å². The molecular weight excluding hydrogens is 278 g/mol. The van der Waals surface area contributed by atoms with E-state index in [9.17, 15) is 4.79 Å². The first kappa shape index (κ1) is 14.7. The summed E-state index contributed by atoms with van der Waals surface area (Å²) >= 11 is 0. The van der Waals surface area contributed by atoms with Crippen LogP contribution in [0.4, 0.5) is 10.5 Å². The van der Waals surface area contributed by atoms with E-state index in [-0.39, 0.29) is 6.09 Å². The number of carbonyl (C=O) groups excluding carboxylic acids is 1. The molecule has 2 aromatic carbocycles. The van der Waals surface area contributed by atoms with Gasteiger partial charge in [0.2, 0.25) is 0 Å². The van der Waals surface area contributed by atoms with Gasteiger partial charge in [-0.3, -0.25) is 5.43 Å². The summed E-state index contributed by atoms with van der Waals surface area (Å²) in [6.07, 6.45) is -0.374. The van der Waals surface area contributed by atoms with Crippen LogP contribution in [0.5, 0.6) is 0 Å². The molecular formula is C17H21N3O2. The second kappa shape index (κ2) is 6.66. The van der Waals surface area contributed by atoms with Crippen LogP contribution in [0.1, 0.15) is 6.92 Å². The summed E-state index contributed by atoms with van der Waals surface area (Å²) in [4.78, 5) is 13.8. The van der Waals surface area contributed by atoms with Gasteiger partial charge in [-0.1, -0.05) is 36.4 Å². The van der Waals surface area contributed by atoms with Gasteiger partial charge in [-0.2, -0.15) is 0 Å². The maximum Gasteiger partial charge on any atom is 0.421 e. The first-order valence-electron chi connectivity index (χ1n) is 7.69. The molecule has 0 aromatic heterocycles. The lowest BCUT2D eigenvalue weighted by Gasteiger charge is -2.36. The number of nitrogens with zero attached hydrogens (tertiary/aromatic N) is 2. The third-order valence-corrected chi connectivity index (χ3v) is 3.91. The van der Waals surface area contributed by atoms with Crippen LogP contribution in [0, 0.1) is 0 Å². The predicted molar refractivity (Wildman–Crippen MR) is 87.9 cm³/mol. The first-order chi connectivity index (χ1) is 10.8. The number of ether oxygens (including phenoxy) is 1. The lowest BCUT2D eigenvalue weighted by molar-refractivity contribution is 0.106. The van der Waals surface area contributed by atoms with E-state index in [2.05, 4.69) is 52.8 Å². The van der Waals surface area contributed by atoms with E-state index in [1.165, 1.54) is 16.5 Å². The molecule has 0 unspecified atom stereocenters. The average molecular weight is 299 g/mol. The fourth-order valence-electron chi connectivity index (χ4n) is 2.84. The van der Waals surface area contributed by atoms with Crippen LogP contribution in [-0.4, -0.2) is 43.9 Å². The van der Waals surface area contributed by atoms with Crippen molar-refractivity contribution in [2.24, 2.45) is 0 Å². The Bertz CT molecular complexity index is 646. The molecule has 3 rings (SSSR count). The van der Waals surface area contributed by atoms with Gasteiger partial charge in [0, 0.05) is 37.3 Å². The summed E-state index contributed by atoms with van der Waals surface area (Å²) in [6.45, 7) is 5.50. The molecule has 1 heterocycles. The Balaban J connectivity index is 1.67. The van der Waals surface area contributed by atoms with Crippen LogP contribution in [0.3, 0.4) is 0 Å². The van der Waals surface area contributed by atoms with Gasteiger partial charge >= 0.3 is 6.09 Å². The van der Waals surface area contributed by atoms with Gasteiger partial charge in [0.1, 0.15) is 0 Å². The van der Waals surface area contributed by atoms with E-state index in [0.29, 0.717) is 6.61 Å². The number of fused-ring (bicyclic) bond motifs is 1. The molecule has 116 valence electrons. The van der Waals surface area contributed by atoms with Crippen LogP contribution in [0.15, 0.2) is 42.5 Å². The van der Waals surface area contributed by atoms with Crippen molar-refractivity contribution in [3.05, 3.63) is 42.5 Å². The van der Waals surface area contributed by atoms with Crippen LogP contribution in [-0.2, 0) is 4.74 Å². The zero-order valence-corrected chi connectivity index (χ0v) is 12.8. The summed E-state index contributed by atoms with van der Waals surface area (Å²) in [7, 11) is 0. The van der Waals surface area contributed by atoms with Crippen molar-refractivity contribution in [1.29, 1.82) is 0 Å². The van der Waals surface area contributed by atoms with Gasteiger partial charge in [0.25, 0.3) is 0 Å². The first-order valence-corrected chi connectivity index (χ1v) is 7.69. The lowest BCUT2D eigenvalue weighted by Crippen LogP contribution is -2.53. The Morgan fingerprint density at radius 3 is 2.59 bits per heavy atom. The van der Waals surface area contributed by atoms with Gasteiger partial charge in [-0.05, 0) is 18.4 Å². The SMILES string of the molecule is CCOC(=O)NN1CCN(c2cccc3ccccc23)CC1. The van der Waals surface area contributed by atoms with Crippen molar-refractivity contribution in [1.82, 2.24) is 10.4 Å². The molecule has 1 aliphatic heterocycles. The Kier molecular flexibility index (Phi) is 4.44. The van der Waals surface area contributed by atoms with Crippen molar-refractivity contribution in [2.75, 3.05) is 37.7 Å². The molecule has 2 aromatic rings. The number of hydrazine groups is 1. The number of hydrogen-bond donors (Lipinski definition) is 1. The van der Waals surface area contributed by atoms with Gasteiger partial charge in [0.05, 0.1) is 6.61 Å². The molecule has 0 bridgehead atoms. The van der Waals surface area contributed by atoms with E-state index >= 15 is 0 Å².